The molecular weight excluding hydrogens is 258 g/mol. The predicted molar refractivity (Wildman–Crippen MR) is 75.2 cm³/mol. The highest BCUT2D eigenvalue weighted by molar-refractivity contribution is 5.81. The Labute approximate surface area is 120 Å². The van der Waals surface area contributed by atoms with Crippen LogP contribution in [0.1, 0.15) is 26.2 Å². The van der Waals surface area contributed by atoms with Gasteiger partial charge in [-0.3, -0.25) is 9.59 Å². The molecule has 2 fully saturated rings. The maximum atomic E-state index is 12.3. The average molecular weight is 283 g/mol. The van der Waals surface area contributed by atoms with E-state index in [4.69, 9.17) is 4.74 Å². The highest BCUT2D eigenvalue weighted by atomic mass is 16.5. The number of hydrogen-bond donors (Lipinski definition) is 2. The number of rotatable bonds is 5. The molecule has 0 aromatic carbocycles. The summed E-state index contributed by atoms with van der Waals surface area (Å²) in [5.74, 6) is 0.0792. The highest BCUT2D eigenvalue weighted by Gasteiger charge is 2.35. The summed E-state index contributed by atoms with van der Waals surface area (Å²) in [7, 11) is 1.78. The lowest BCUT2D eigenvalue weighted by Crippen LogP contribution is -2.52. The van der Waals surface area contributed by atoms with Gasteiger partial charge in [0.15, 0.2) is 0 Å². The molecule has 20 heavy (non-hydrogen) atoms. The van der Waals surface area contributed by atoms with Gasteiger partial charge in [-0.25, -0.2) is 0 Å². The standard InChI is InChI=1S/C14H25N3O3/c1-3-6-15-12-9-20-8-11(12)14(19)16-10-4-5-13(18)17(2)7-10/h10-12,15H,3-9H2,1-2H3,(H,16,19). The number of nitrogens with one attached hydrogen (secondary N) is 2. The molecule has 0 aromatic rings. The summed E-state index contributed by atoms with van der Waals surface area (Å²) in [6.45, 7) is 4.69. The van der Waals surface area contributed by atoms with E-state index < -0.39 is 0 Å². The lowest BCUT2D eigenvalue weighted by Gasteiger charge is -2.31. The molecule has 2 heterocycles. The van der Waals surface area contributed by atoms with Crippen molar-refractivity contribution in [3.63, 3.8) is 0 Å². The van der Waals surface area contributed by atoms with Crippen molar-refractivity contribution in [2.24, 2.45) is 5.92 Å². The summed E-state index contributed by atoms with van der Waals surface area (Å²) >= 11 is 0. The Kier molecular flexibility index (Phi) is 5.37. The first kappa shape index (κ1) is 15.3. The Balaban J connectivity index is 1.83. The molecule has 0 aliphatic carbocycles. The van der Waals surface area contributed by atoms with Gasteiger partial charge in [-0.15, -0.1) is 0 Å². The molecule has 0 bridgehead atoms. The van der Waals surface area contributed by atoms with Crippen LogP contribution in [0.4, 0.5) is 0 Å². The average Bonchev–Trinajstić information content (AvgIpc) is 2.89. The van der Waals surface area contributed by atoms with Crippen LogP contribution in [0.3, 0.4) is 0 Å². The van der Waals surface area contributed by atoms with Crippen LogP contribution in [0, 0.1) is 5.92 Å². The molecule has 3 unspecified atom stereocenters. The van der Waals surface area contributed by atoms with E-state index in [1.165, 1.54) is 0 Å². The normalized spacial score (nSPS) is 30.6. The summed E-state index contributed by atoms with van der Waals surface area (Å²) in [6, 6.07) is 0.176. The van der Waals surface area contributed by atoms with Crippen molar-refractivity contribution in [1.29, 1.82) is 0 Å². The largest absolute Gasteiger partial charge is 0.379 e. The van der Waals surface area contributed by atoms with Crippen LogP contribution in [0.15, 0.2) is 0 Å². The van der Waals surface area contributed by atoms with Crippen LogP contribution in [0.5, 0.6) is 0 Å². The maximum Gasteiger partial charge on any atom is 0.227 e. The molecule has 0 radical (unpaired) electrons. The summed E-state index contributed by atoms with van der Waals surface area (Å²) in [5.41, 5.74) is 0. The minimum absolute atomic E-state index is 0.0452. The first-order chi connectivity index (χ1) is 9.61. The third-order valence-corrected chi connectivity index (χ3v) is 4.05. The van der Waals surface area contributed by atoms with E-state index in [0.717, 1.165) is 19.4 Å². The van der Waals surface area contributed by atoms with Gasteiger partial charge in [-0.05, 0) is 19.4 Å². The van der Waals surface area contributed by atoms with E-state index in [0.29, 0.717) is 26.2 Å². The Hall–Kier alpha value is -1.14. The minimum atomic E-state index is -0.121. The molecule has 3 atom stereocenters. The zero-order chi connectivity index (χ0) is 14.5. The molecule has 2 aliphatic heterocycles. The SMILES string of the molecule is CCCNC1COCC1C(=O)NC1CCC(=O)N(C)C1. The fourth-order valence-electron chi connectivity index (χ4n) is 2.78. The number of hydrogen-bond acceptors (Lipinski definition) is 4. The molecule has 0 spiro atoms. The Bertz CT molecular complexity index is 362. The van der Waals surface area contributed by atoms with Gasteiger partial charge in [0, 0.05) is 32.1 Å². The molecule has 0 aromatic heterocycles. The molecular formula is C14H25N3O3. The quantitative estimate of drug-likeness (QED) is 0.729. The van der Waals surface area contributed by atoms with Crippen LogP contribution in [-0.4, -0.2) is 62.1 Å². The number of likely N-dealkylation sites (tertiary alicyclic amines) is 1. The summed E-state index contributed by atoms with van der Waals surface area (Å²) in [4.78, 5) is 25.5. The van der Waals surface area contributed by atoms with Crippen LogP contribution < -0.4 is 10.6 Å². The molecule has 6 nitrogen and oxygen atoms in total. The van der Waals surface area contributed by atoms with Crippen LogP contribution in [0.25, 0.3) is 0 Å². The van der Waals surface area contributed by atoms with E-state index in [1.807, 2.05) is 0 Å². The number of carbonyl (C=O) groups excluding carboxylic acids is 2. The maximum absolute atomic E-state index is 12.3. The van der Waals surface area contributed by atoms with Gasteiger partial charge in [0.05, 0.1) is 19.1 Å². The number of ether oxygens (including phenoxy) is 1. The number of piperidine rings is 1. The zero-order valence-electron chi connectivity index (χ0n) is 12.4. The third-order valence-electron chi connectivity index (χ3n) is 4.05. The van der Waals surface area contributed by atoms with Crippen LogP contribution in [0.2, 0.25) is 0 Å². The first-order valence-electron chi connectivity index (χ1n) is 7.47. The molecule has 114 valence electrons. The first-order valence-corrected chi connectivity index (χ1v) is 7.47. The van der Waals surface area contributed by atoms with E-state index in [9.17, 15) is 9.59 Å². The number of amides is 2. The highest BCUT2D eigenvalue weighted by Crippen LogP contribution is 2.16. The lowest BCUT2D eigenvalue weighted by molar-refractivity contribution is -0.134. The van der Waals surface area contributed by atoms with Gasteiger partial charge in [-0.2, -0.15) is 0 Å². The van der Waals surface area contributed by atoms with E-state index in [-0.39, 0.29) is 29.8 Å². The molecule has 2 aliphatic rings. The number of likely N-dealkylation sites (N-methyl/N-ethyl adjacent to an activating group) is 1. The number of nitrogens with zero attached hydrogens (tertiary/aromatic N) is 1. The van der Waals surface area contributed by atoms with E-state index >= 15 is 0 Å². The molecule has 2 amide bonds. The number of carbonyl (C=O) groups is 2. The fourth-order valence-corrected chi connectivity index (χ4v) is 2.78. The van der Waals surface area contributed by atoms with Crippen molar-refractivity contribution < 1.29 is 14.3 Å². The lowest BCUT2D eigenvalue weighted by atomic mass is 10.00. The van der Waals surface area contributed by atoms with Crippen molar-refractivity contribution in [1.82, 2.24) is 15.5 Å². The molecule has 0 saturated carbocycles. The van der Waals surface area contributed by atoms with Gasteiger partial charge >= 0.3 is 0 Å². The second-order valence-corrected chi connectivity index (χ2v) is 5.72. The molecule has 6 heteroatoms. The molecule has 2 saturated heterocycles. The molecule has 2 N–H and O–H groups in total. The topological polar surface area (TPSA) is 70.7 Å². The smallest absolute Gasteiger partial charge is 0.227 e. The Morgan fingerprint density at radius 3 is 2.95 bits per heavy atom. The van der Waals surface area contributed by atoms with Crippen molar-refractivity contribution >= 4 is 11.8 Å². The fraction of sp³-hybridized carbons (Fsp3) is 0.857. The van der Waals surface area contributed by atoms with Crippen molar-refractivity contribution in [2.45, 2.75) is 38.3 Å². The zero-order valence-corrected chi connectivity index (χ0v) is 12.4. The monoisotopic (exact) mass is 283 g/mol. The second-order valence-electron chi connectivity index (χ2n) is 5.72. The van der Waals surface area contributed by atoms with Gasteiger partial charge in [-0.1, -0.05) is 6.92 Å². The molecule has 2 rings (SSSR count). The predicted octanol–water partition coefficient (Wildman–Crippen LogP) is -0.262. The van der Waals surface area contributed by atoms with Gasteiger partial charge in [0.1, 0.15) is 0 Å². The van der Waals surface area contributed by atoms with Crippen molar-refractivity contribution in [3.05, 3.63) is 0 Å². The van der Waals surface area contributed by atoms with E-state index in [2.05, 4.69) is 17.6 Å². The Morgan fingerprint density at radius 1 is 1.45 bits per heavy atom. The van der Waals surface area contributed by atoms with Gasteiger partial charge in [0.2, 0.25) is 11.8 Å². The summed E-state index contributed by atoms with van der Waals surface area (Å²) in [6.07, 6.45) is 2.29. The van der Waals surface area contributed by atoms with Crippen LogP contribution >= 0.6 is 0 Å². The summed E-state index contributed by atoms with van der Waals surface area (Å²) in [5, 5.41) is 6.43. The third kappa shape index (κ3) is 3.70. The second kappa shape index (κ2) is 7.04. The van der Waals surface area contributed by atoms with E-state index in [1.54, 1.807) is 11.9 Å². The Morgan fingerprint density at radius 2 is 2.25 bits per heavy atom. The van der Waals surface area contributed by atoms with Crippen LogP contribution in [-0.2, 0) is 14.3 Å². The van der Waals surface area contributed by atoms with Gasteiger partial charge in [0.25, 0.3) is 0 Å². The minimum Gasteiger partial charge on any atom is -0.379 e. The van der Waals surface area contributed by atoms with Crippen molar-refractivity contribution in [2.75, 3.05) is 33.4 Å². The summed E-state index contributed by atoms with van der Waals surface area (Å²) < 4.78 is 5.43. The van der Waals surface area contributed by atoms with Crippen molar-refractivity contribution in [3.8, 4) is 0 Å². The van der Waals surface area contributed by atoms with Gasteiger partial charge < -0.3 is 20.3 Å².